The first-order valence-electron chi connectivity index (χ1n) is 6.73. The zero-order chi connectivity index (χ0) is 15.4. The van der Waals surface area contributed by atoms with Crippen molar-refractivity contribution in [1.29, 1.82) is 5.26 Å². The van der Waals surface area contributed by atoms with E-state index in [-0.39, 0.29) is 12.5 Å². The molecular weight excluding hydrogens is 278 g/mol. The number of nitrogens with one attached hydrogen (secondary N) is 3. The van der Waals surface area contributed by atoms with Crippen molar-refractivity contribution in [2.75, 3.05) is 17.2 Å². The number of hydrogen-bond acceptors (Lipinski definition) is 4. The van der Waals surface area contributed by atoms with Crippen LogP contribution in [0.3, 0.4) is 0 Å². The molecule has 0 bridgehead atoms. The highest BCUT2D eigenvalue weighted by Crippen LogP contribution is 2.13. The lowest BCUT2D eigenvalue weighted by molar-refractivity contribution is -0.114. The van der Waals surface area contributed by atoms with Crippen LogP contribution >= 0.6 is 0 Å². The second-order valence-corrected chi connectivity index (χ2v) is 4.69. The van der Waals surface area contributed by atoms with Gasteiger partial charge in [0, 0.05) is 5.69 Å². The van der Waals surface area contributed by atoms with Crippen LogP contribution in [0.1, 0.15) is 5.56 Å². The van der Waals surface area contributed by atoms with Crippen LogP contribution in [0, 0.1) is 11.3 Å². The summed E-state index contributed by atoms with van der Waals surface area (Å²) in [6.07, 6.45) is 0. The SMILES string of the molecule is N#Cc1ccc(NCC(=O)Nc2nc3ccccc3[nH]2)cc1. The number of imidazole rings is 1. The van der Waals surface area contributed by atoms with E-state index in [1.165, 1.54) is 0 Å². The fraction of sp³-hybridized carbons (Fsp3) is 0.0625. The van der Waals surface area contributed by atoms with E-state index in [0.717, 1.165) is 16.7 Å². The Bertz CT molecular complexity index is 812. The molecule has 22 heavy (non-hydrogen) atoms. The molecule has 0 saturated carbocycles. The van der Waals surface area contributed by atoms with Crippen molar-refractivity contribution in [3.05, 3.63) is 54.1 Å². The van der Waals surface area contributed by atoms with Crippen molar-refractivity contribution in [1.82, 2.24) is 9.97 Å². The lowest BCUT2D eigenvalue weighted by Crippen LogP contribution is -2.22. The van der Waals surface area contributed by atoms with Gasteiger partial charge in [0.2, 0.25) is 11.9 Å². The highest BCUT2D eigenvalue weighted by Gasteiger charge is 2.06. The minimum Gasteiger partial charge on any atom is -0.376 e. The molecule has 3 aromatic rings. The molecule has 1 heterocycles. The van der Waals surface area contributed by atoms with E-state index < -0.39 is 0 Å². The van der Waals surface area contributed by atoms with E-state index in [1.807, 2.05) is 30.3 Å². The molecule has 6 heteroatoms. The molecule has 0 aliphatic carbocycles. The number of aromatic nitrogens is 2. The average molecular weight is 291 g/mol. The van der Waals surface area contributed by atoms with Gasteiger partial charge in [-0.25, -0.2) is 4.98 Å². The Morgan fingerprint density at radius 1 is 1.18 bits per heavy atom. The predicted octanol–water partition coefficient (Wildman–Crippen LogP) is 2.49. The Balaban J connectivity index is 1.58. The number of amides is 1. The van der Waals surface area contributed by atoms with Crippen molar-refractivity contribution in [2.45, 2.75) is 0 Å². The number of H-pyrrole nitrogens is 1. The fourth-order valence-corrected chi connectivity index (χ4v) is 2.03. The van der Waals surface area contributed by atoms with Gasteiger partial charge < -0.3 is 10.3 Å². The maximum atomic E-state index is 11.9. The summed E-state index contributed by atoms with van der Waals surface area (Å²) in [5, 5.41) is 14.4. The van der Waals surface area contributed by atoms with Crippen molar-refractivity contribution in [2.24, 2.45) is 0 Å². The Hall–Kier alpha value is -3.33. The number of nitrogens with zero attached hydrogens (tertiary/aromatic N) is 2. The van der Waals surface area contributed by atoms with E-state index in [9.17, 15) is 4.79 Å². The number of benzene rings is 2. The van der Waals surface area contributed by atoms with Gasteiger partial charge in [-0.15, -0.1) is 0 Å². The topological polar surface area (TPSA) is 93.6 Å². The van der Waals surface area contributed by atoms with Crippen LogP contribution in [0.4, 0.5) is 11.6 Å². The summed E-state index contributed by atoms with van der Waals surface area (Å²) in [5.41, 5.74) is 3.03. The normalized spacial score (nSPS) is 10.1. The quantitative estimate of drug-likeness (QED) is 0.688. The summed E-state index contributed by atoms with van der Waals surface area (Å²) < 4.78 is 0. The molecular formula is C16H13N5O. The lowest BCUT2D eigenvalue weighted by Gasteiger charge is -2.05. The molecule has 3 N–H and O–H groups in total. The molecule has 0 atom stereocenters. The molecule has 6 nitrogen and oxygen atoms in total. The van der Waals surface area contributed by atoms with Gasteiger partial charge >= 0.3 is 0 Å². The number of carbonyl (C=O) groups is 1. The van der Waals surface area contributed by atoms with Crippen molar-refractivity contribution >= 4 is 28.6 Å². The molecule has 0 radical (unpaired) electrons. The number of carbonyl (C=O) groups excluding carboxylic acids is 1. The van der Waals surface area contributed by atoms with Crippen LogP contribution in [-0.4, -0.2) is 22.4 Å². The third-order valence-corrected chi connectivity index (χ3v) is 3.11. The molecule has 0 saturated heterocycles. The number of fused-ring (bicyclic) bond motifs is 1. The summed E-state index contributed by atoms with van der Waals surface area (Å²) in [6.45, 7) is 0.114. The second-order valence-electron chi connectivity index (χ2n) is 4.69. The first-order valence-corrected chi connectivity index (χ1v) is 6.73. The van der Waals surface area contributed by atoms with Crippen LogP contribution in [-0.2, 0) is 4.79 Å². The summed E-state index contributed by atoms with van der Waals surface area (Å²) >= 11 is 0. The summed E-state index contributed by atoms with van der Waals surface area (Å²) in [5.74, 6) is 0.219. The molecule has 0 unspecified atom stereocenters. The first-order chi connectivity index (χ1) is 10.7. The summed E-state index contributed by atoms with van der Waals surface area (Å²) in [6, 6.07) is 16.5. The maximum Gasteiger partial charge on any atom is 0.245 e. The summed E-state index contributed by atoms with van der Waals surface area (Å²) in [4.78, 5) is 19.2. The standard InChI is InChI=1S/C16H13N5O/c17-9-11-5-7-12(8-6-11)18-10-15(22)21-16-19-13-3-1-2-4-14(13)20-16/h1-8,18H,10H2,(H2,19,20,21,22). The molecule has 3 rings (SSSR count). The Kier molecular flexibility index (Phi) is 3.70. The van der Waals surface area contributed by atoms with E-state index in [2.05, 4.69) is 20.6 Å². The molecule has 0 aliphatic rings. The van der Waals surface area contributed by atoms with E-state index in [4.69, 9.17) is 5.26 Å². The predicted molar refractivity (Wildman–Crippen MR) is 84.4 cm³/mol. The molecule has 0 spiro atoms. The van der Waals surface area contributed by atoms with Gasteiger partial charge in [0.1, 0.15) is 0 Å². The van der Waals surface area contributed by atoms with Crippen LogP contribution in [0.2, 0.25) is 0 Å². The molecule has 0 fully saturated rings. The second kappa shape index (κ2) is 5.97. The minimum absolute atomic E-state index is 0.114. The van der Waals surface area contributed by atoms with Crippen LogP contribution < -0.4 is 10.6 Å². The van der Waals surface area contributed by atoms with Gasteiger partial charge in [-0.3, -0.25) is 10.1 Å². The fourth-order valence-electron chi connectivity index (χ4n) is 2.03. The molecule has 0 aliphatic heterocycles. The number of hydrogen-bond donors (Lipinski definition) is 3. The number of aromatic amines is 1. The van der Waals surface area contributed by atoms with Crippen molar-refractivity contribution in [3.8, 4) is 6.07 Å². The lowest BCUT2D eigenvalue weighted by atomic mass is 10.2. The van der Waals surface area contributed by atoms with Crippen LogP contribution in [0.25, 0.3) is 11.0 Å². The number of nitriles is 1. The third kappa shape index (κ3) is 3.04. The minimum atomic E-state index is -0.205. The Morgan fingerprint density at radius 2 is 1.95 bits per heavy atom. The first kappa shape index (κ1) is 13.6. The van der Waals surface area contributed by atoms with Crippen LogP contribution in [0.5, 0.6) is 0 Å². The molecule has 1 amide bonds. The van der Waals surface area contributed by atoms with Crippen molar-refractivity contribution < 1.29 is 4.79 Å². The number of para-hydroxylation sites is 2. The average Bonchev–Trinajstić information content (AvgIpc) is 2.95. The van der Waals surface area contributed by atoms with Crippen LogP contribution in [0.15, 0.2) is 48.5 Å². The zero-order valence-electron chi connectivity index (χ0n) is 11.6. The number of anilines is 2. The van der Waals surface area contributed by atoms with E-state index in [1.54, 1.807) is 24.3 Å². The van der Waals surface area contributed by atoms with E-state index in [0.29, 0.717) is 11.5 Å². The van der Waals surface area contributed by atoms with Gasteiger partial charge in [-0.1, -0.05) is 12.1 Å². The smallest absolute Gasteiger partial charge is 0.245 e. The monoisotopic (exact) mass is 291 g/mol. The largest absolute Gasteiger partial charge is 0.376 e. The molecule has 2 aromatic carbocycles. The van der Waals surface area contributed by atoms with Crippen molar-refractivity contribution in [3.63, 3.8) is 0 Å². The number of rotatable bonds is 4. The summed E-state index contributed by atoms with van der Waals surface area (Å²) in [7, 11) is 0. The highest BCUT2D eigenvalue weighted by atomic mass is 16.2. The van der Waals surface area contributed by atoms with E-state index >= 15 is 0 Å². The third-order valence-electron chi connectivity index (χ3n) is 3.11. The van der Waals surface area contributed by atoms with Gasteiger partial charge in [-0.2, -0.15) is 5.26 Å². The highest BCUT2D eigenvalue weighted by molar-refractivity contribution is 5.93. The maximum absolute atomic E-state index is 11.9. The van der Waals surface area contributed by atoms with Gasteiger partial charge in [0.15, 0.2) is 0 Å². The van der Waals surface area contributed by atoms with Gasteiger partial charge in [0.05, 0.1) is 29.2 Å². The Morgan fingerprint density at radius 3 is 2.68 bits per heavy atom. The van der Waals surface area contributed by atoms with Gasteiger partial charge in [0.25, 0.3) is 0 Å². The zero-order valence-corrected chi connectivity index (χ0v) is 11.6. The van der Waals surface area contributed by atoms with Gasteiger partial charge in [-0.05, 0) is 36.4 Å². The Labute approximate surface area is 126 Å². The molecule has 108 valence electrons. The molecule has 1 aromatic heterocycles.